The summed E-state index contributed by atoms with van der Waals surface area (Å²) in [6.45, 7) is 0.913. The number of hydrogen-bond donors (Lipinski definition) is 2. The third kappa shape index (κ3) is 6.47. The average molecular weight is 232 g/mol. The molecular formula is C11H18ClNO2. The largest absolute Gasteiger partial charge is 0.394 e. The summed E-state index contributed by atoms with van der Waals surface area (Å²) in [5, 5.41) is 8.50. The average Bonchev–Trinajstić information content (AvgIpc) is 2.20. The molecule has 1 aromatic rings. The van der Waals surface area contributed by atoms with Gasteiger partial charge in [0.05, 0.1) is 19.8 Å². The molecule has 4 heteroatoms. The molecule has 0 bridgehead atoms. The van der Waals surface area contributed by atoms with E-state index in [9.17, 15) is 0 Å². The number of ether oxygens (including phenoxy) is 1. The molecule has 0 aliphatic carbocycles. The maximum atomic E-state index is 8.50. The van der Waals surface area contributed by atoms with Crippen LogP contribution in [-0.4, -0.2) is 31.0 Å². The number of rotatable bonds is 6. The van der Waals surface area contributed by atoms with Crippen LogP contribution < -0.4 is 5.73 Å². The van der Waals surface area contributed by atoms with Gasteiger partial charge in [-0.2, -0.15) is 0 Å². The number of halogens is 1. The van der Waals surface area contributed by atoms with Gasteiger partial charge >= 0.3 is 0 Å². The van der Waals surface area contributed by atoms with Crippen molar-refractivity contribution in [3.8, 4) is 0 Å². The summed E-state index contributed by atoms with van der Waals surface area (Å²) in [5.41, 5.74) is 7.06. The van der Waals surface area contributed by atoms with Gasteiger partial charge in [-0.05, 0) is 12.0 Å². The Hall–Kier alpha value is -0.610. The molecule has 0 heterocycles. The fraction of sp³-hybridized carbons (Fsp3) is 0.455. The van der Waals surface area contributed by atoms with E-state index in [1.165, 1.54) is 5.56 Å². The van der Waals surface area contributed by atoms with Gasteiger partial charge < -0.3 is 15.6 Å². The summed E-state index contributed by atoms with van der Waals surface area (Å²) in [5.74, 6) is 0. The number of benzene rings is 1. The third-order valence-corrected chi connectivity index (χ3v) is 1.91. The van der Waals surface area contributed by atoms with Crippen molar-refractivity contribution in [2.45, 2.75) is 12.5 Å². The summed E-state index contributed by atoms with van der Waals surface area (Å²) in [7, 11) is 0. The molecule has 0 aliphatic heterocycles. The molecule has 1 aromatic carbocycles. The molecule has 0 unspecified atom stereocenters. The lowest BCUT2D eigenvalue weighted by atomic mass is 10.1. The summed E-state index contributed by atoms with van der Waals surface area (Å²) < 4.78 is 5.14. The minimum atomic E-state index is 0. The van der Waals surface area contributed by atoms with E-state index in [0.717, 1.165) is 6.42 Å². The fourth-order valence-corrected chi connectivity index (χ4v) is 1.28. The van der Waals surface area contributed by atoms with Gasteiger partial charge in [0.2, 0.25) is 0 Å². The molecule has 0 aromatic heterocycles. The van der Waals surface area contributed by atoms with Gasteiger partial charge in [0, 0.05) is 6.04 Å². The molecule has 0 radical (unpaired) electrons. The second-order valence-electron chi connectivity index (χ2n) is 3.25. The van der Waals surface area contributed by atoms with Crippen LogP contribution in [0.3, 0.4) is 0 Å². The maximum absolute atomic E-state index is 8.50. The van der Waals surface area contributed by atoms with E-state index in [2.05, 4.69) is 0 Å². The zero-order valence-electron chi connectivity index (χ0n) is 8.63. The first-order chi connectivity index (χ1) is 6.83. The molecule has 3 N–H and O–H groups in total. The first-order valence-electron chi connectivity index (χ1n) is 4.81. The smallest absolute Gasteiger partial charge is 0.0698 e. The normalized spacial score (nSPS) is 11.9. The lowest BCUT2D eigenvalue weighted by Crippen LogP contribution is -2.29. The lowest BCUT2D eigenvalue weighted by Gasteiger charge is -2.11. The molecule has 0 aliphatic rings. The van der Waals surface area contributed by atoms with Crippen LogP contribution in [-0.2, 0) is 11.2 Å². The molecule has 0 saturated carbocycles. The van der Waals surface area contributed by atoms with E-state index in [1.54, 1.807) is 0 Å². The van der Waals surface area contributed by atoms with E-state index in [4.69, 9.17) is 15.6 Å². The highest BCUT2D eigenvalue weighted by Crippen LogP contribution is 2.01. The van der Waals surface area contributed by atoms with Gasteiger partial charge in [0.15, 0.2) is 0 Å². The third-order valence-electron chi connectivity index (χ3n) is 1.91. The van der Waals surface area contributed by atoms with Crippen molar-refractivity contribution < 1.29 is 9.84 Å². The first-order valence-corrected chi connectivity index (χ1v) is 4.81. The van der Waals surface area contributed by atoms with Crippen LogP contribution >= 0.6 is 12.4 Å². The van der Waals surface area contributed by atoms with Gasteiger partial charge in [0.25, 0.3) is 0 Å². The quantitative estimate of drug-likeness (QED) is 0.718. The Morgan fingerprint density at radius 3 is 2.53 bits per heavy atom. The number of aliphatic hydroxyl groups is 1. The molecule has 1 rings (SSSR count). The van der Waals surface area contributed by atoms with Crippen molar-refractivity contribution in [3.63, 3.8) is 0 Å². The number of nitrogens with two attached hydrogens (primary N) is 1. The Labute approximate surface area is 96.7 Å². The van der Waals surface area contributed by atoms with Crippen LogP contribution in [0.5, 0.6) is 0 Å². The minimum absolute atomic E-state index is 0. The maximum Gasteiger partial charge on any atom is 0.0698 e. The molecule has 0 spiro atoms. The Morgan fingerprint density at radius 1 is 1.27 bits per heavy atom. The lowest BCUT2D eigenvalue weighted by molar-refractivity contribution is 0.0832. The van der Waals surface area contributed by atoms with E-state index in [-0.39, 0.29) is 25.1 Å². The Balaban J connectivity index is 0.00000196. The molecule has 3 nitrogen and oxygen atoms in total. The van der Waals surface area contributed by atoms with Crippen molar-refractivity contribution in [2.75, 3.05) is 19.8 Å². The van der Waals surface area contributed by atoms with Gasteiger partial charge in [0.1, 0.15) is 0 Å². The first kappa shape index (κ1) is 14.4. The molecule has 0 saturated heterocycles. The van der Waals surface area contributed by atoms with Gasteiger partial charge in [-0.3, -0.25) is 0 Å². The summed E-state index contributed by atoms with van der Waals surface area (Å²) >= 11 is 0. The molecule has 1 atom stereocenters. The molecule has 0 amide bonds. The van der Waals surface area contributed by atoms with Crippen molar-refractivity contribution in [1.29, 1.82) is 0 Å². The van der Waals surface area contributed by atoms with Crippen LogP contribution in [0.1, 0.15) is 5.56 Å². The van der Waals surface area contributed by atoms with Crippen LogP contribution in [0.15, 0.2) is 30.3 Å². The summed E-state index contributed by atoms with van der Waals surface area (Å²) in [6, 6.07) is 10.1. The summed E-state index contributed by atoms with van der Waals surface area (Å²) in [4.78, 5) is 0. The van der Waals surface area contributed by atoms with Crippen LogP contribution in [0.25, 0.3) is 0 Å². The van der Waals surface area contributed by atoms with Crippen molar-refractivity contribution in [1.82, 2.24) is 0 Å². The fourth-order valence-electron chi connectivity index (χ4n) is 1.28. The van der Waals surface area contributed by atoms with Crippen LogP contribution in [0, 0.1) is 0 Å². The van der Waals surface area contributed by atoms with Gasteiger partial charge in [-0.1, -0.05) is 30.3 Å². The minimum Gasteiger partial charge on any atom is -0.394 e. The van der Waals surface area contributed by atoms with Crippen molar-refractivity contribution in [3.05, 3.63) is 35.9 Å². The number of hydrogen-bond acceptors (Lipinski definition) is 3. The van der Waals surface area contributed by atoms with E-state index in [0.29, 0.717) is 13.2 Å². The molecule has 0 fully saturated rings. The second kappa shape index (κ2) is 8.68. The van der Waals surface area contributed by atoms with Gasteiger partial charge in [-0.15, -0.1) is 12.4 Å². The Kier molecular flexibility index (Phi) is 8.33. The Bertz CT molecular complexity index is 244. The van der Waals surface area contributed by atoms with Crippen LogP contribution in [0.2, 0.25) is 0 Å². The highest BCUT2D eigenvalue weighted by atomic mass is 35.5. The zero-order valence-corrected chi connectivity index (χ0v) is 9.45. The molecule has 86 valence electrons. The standard InChI is InChI=1S/C11H17NO2.ClH/c12-11(9-14-7-6-13)8-10-4-2-1-3-5-10;/h1-5,11,13H,6-9,12H2;1H/t11-;/m0./s1. The Morgan fingerprint density at radius 2 is 1.93 bits per heavy atom. The molecular weight excluding hydrogens is 214 g/mol. The predicted octanol–water partition coefficient (Wildman–Crippen LogP) is 0.987. The highest BCUT2D eigenvalue weighted by molar-refractivity contribution is 5.85. The predicted molar refractivity (Wildman–Crippen MR) is 63.3 cm³/mol. The monoisotopic (exact) mass is 231 g/mol. The SMILES string of the molecule is Cl.N[C@H](COCCO)Cc1ccccc1. The highest BCUT2D eigenvalue weighted by Gasteiger charge is 2.03. The van der Waals surface area contributed by atoms with E-state index >= 15 is 0 Å². The van der Waals surface area contributed by atoms with Gasteiger partial charge in [-0.25, -0.2) is 0 Å². The summed E-state index contributed by atoms with van der Waals surface area (Å²) in [6.07, 6.45) is 0.812. The zero-order chi connectivity index (χ0) is 10.2. The van der Waals surface area contributed by atoms with Crippen LogP contribution in [0.4, 0.5) is 0 Å². The van der Waals surface area contributed by atoms with Crippen molar-refractivity contribution in [2.24, 2.45) is 5.73 Å². The van der Waals surface area contributed by atoms with Crippen molar-refractivity contribution >= 4 is 12.4 Å². The second-order valence-corrected chi connectivity index (χ2v) is 3.25. The van der Waals surface area contributed by atoms with E-state index < -0.39 is 0 Å². The number of aliphatic hydroxyl groups excluding tert-OH is 1. The van der Waals surface area contributed by atoms with E-state index in [1.807, 2.05) is 30.3 Å². The molecule has 15 heavy (non-hydrogen) atoms. The topological polar surface area (TPSA) is 55.5 Å².